The number of aryl methyl sites for hydroxylation is 1. The van der Waals surface area contributed by atoms with Crippen LogP contribution in [-0.4, -0.2) is 37.3 Å². The Labute approximate surface area is 131 Å². The summed E-state index contributed by atoms with van der Waals surface area (Å²) in [5.41, 5.74) is 0. The lowest BCUT2D eigenvalue weighted by Gasteiger charge is -2.22. The van der Waals surface area contributed by atoms with Crippen LogP contribution >= 0.6 is 0 Å². The molecule has 3 heterocycles. The Hall–Kier alpha value is -1.90. The van der Waals surface area contributed by atoms with Gasteiger partial charge in [-0.1, -0.05) is 12.1 Å². The van der Waals surface area contributed by atoms with E-state index >= 15 is 0 Å². The van der Waals surface area contributed by atoms with Crippen molar-refractivity contribution in [3.63, 3.8) is 0 Å². The minimum atomic E-state index is -4.26. The van der Waals surface area contributed by atoms with Crippen molar-refractivity contribution in [3.05, 3.63) is 29.9 Å². The molecule has 0 bridgehead atoms. The van der Waals surface area contributed by atoms with E-state index in [0.29, 0.717) is 30.5 Å². The number of rotatable bonds is 5. The molecule has 1 saturated heterocycles. The number of aromatic nitrogens is 4. The zero-order valence-corrected chi connectivity index (χ0v) is 12.8. The molecule has 0 aliphatic carbocycles. The van der Waals surface area contributed by atoms with Crippen molar-refractivity contribution in [2.45, 2.75) is 51.5 Å². The molecule has 3 rings (SSSR count). The maximum absolute atomic E-state index is 12.6. The van der Waals surface area contributed by atoms with Crippen molar-refractivity contribution in [2.24, 2.45) is 0 Å². The van der Waals surface area contributed by atoms with Crippen LogP contribution in [-0.2, 0) is 19.5 Å². The molecule has 0 amide bonds. The van der Waals surface area contributed by atoms with E-state index in [2.05, 4.69) is 20.0 Å². The van der Waals surface area contributed by atoms with Gasteiger partial charge in [-0.15, -0.1) is 0 Å². The van der Waals surface area contributed by atoms with Crippen molar-refractivity contribution < 1.29 is 17.7 Å². The van der Waals surface area contributed by atoms with Crippen molar-refractivity contribution in [2.75, 3.05) is 6.54 Å². The predicted octanol–water partition coefficient (Wildman–Crippen LogP) is 2.73. The zero-order chi connectivity index (χ0) is 16.4. The van der Waals surface area contributed by atoms with Gasteiger partial charge in [0.2, 0.25) is 5.89 Å². The number of halogens is 3. The van der Waals surface area contributed by atoms with Crippen molar-refractivity contribution in [3.8, 4) is 0 Å². The molecular weight excluding hydrogens is 311 g/mol. The lowest BCUT2D eigenvalue weighted by atomic mass is 10.2. The van der Waals surface area contributed by atoms with Crippen LogP contribution in [0.5, 0.6) is 0 Å². The van der Waals surface area contributed by atoms with Crippen LogP contribution < -0.4 is 0 Å². The topological polar surface area (TPSA) is 60.0 Å². The van der Waals surface area contributed by atoms with Gasteiger partial charge < -0.3 is 9.09 Å². The molecule has 23 heavy (non-hydrogen) atoms. The Balaban J connectivity index is 1.73. The molecule has 0 aromatic carbocycles. The fourth-order valence-corrected chi connectivity index (χ4v) is 2.87. The van der Waals surface area contributed by atoms with Gasteiger partial charge >= 0.3 is 6.18 Å². The highest BCUT2D eigenvalue weighted by atomic mass is 19.4. The highest BCUT2D eigenvalue weighted by molar-refractivity contribution is 5.01. The van der Waals surface area contributed by atoms with Crippen LogP contribution in [0.1, 0.15) is 43.3 Å². The second-order valence-corrected chi connectivity index (χ2v) is 5.61. The monoisotopic (exact) mass is 329 g/mol. The summed E-state index contributed by atoms with van der Waals surface area (Å²) in [5.74, 6) is 1.58. The van der Waals surface area contributed by atoms with E-state index in [4.69, 9.17) is 4.52 Å². The lowest BCUT2D eigenvalue weighted by molar-refractivity contribution is -0.141. The number of hydrogen-bond acceptors (Lipinski definition) is 5. The van der Waals surface area contributed by atoms with Gasteiger partial charge in [0, 0.05) is 18.8 Å². The fourth-order valence-electron chi connectivity index (χ4n) is 2.87. The average molecular weight is 329 g/mol. The molecule has 9 heteroatoms. The number of alkyl halides is 3. The molecule has 0 spiro atoms. The molecule has 6 nitrogen and oxygen atoms in total. The second-order valence-electron chi connectivity index (χ2n) is 5.61. The van der Waals surface area contributed by atoms with E-state index < -0.39 is 12.7 Å². The van der Waals surface area contributed by atoms with Crippen LogP contribution in [0.2, 0.25) is 0 Å². The molecule has 1 fully saturated rings. The highest BCUT2D eigenvalue weighted by Crippen LogP contribution is 2.31. The van der Waals surface area contributed by atoms with Gasteiger partial charge in [-0.25, -0.2) is 4.98 Å². The third-order valence-electron chi connectivity index (χ3n) is 3.94. The zero-order valence-electron chi connectivity index (χ0n) is 12.8. The number of imidazole rings is 1. The van der Waals surface area contributed by atoms with Crippen molar-refractivity contribution in [1.29, 1.82) is 0 Å². The summed E-state index contributed by atoms with van der Waals surface area (Å²) < 4.78 is 44.1. The van der Waals surface area contributed by atoms with E-state index in [1.807, 2.05) is 6.92 Å². The molecule has 126 valence electrons. The van der Waals surface area contributed by atoms with E-state index in [0.717, 1.165) is 24.0 Å². The Morgan fingerprint density at radius 3 is 2.91 bits per heavy atom. The van der Waals surface area contributed by atoms with Gasteiger partial charge in [0.05, 0.1) is 12.6 Å². The predicted molar refractivity (Wildman–Crippen MR) is 74.3 cm³/mol. The molecule has 0 saturated carbocycles. The first kappa shape index (κ1) is 16.0. The van der Waals surface area contributed by atoms with Crippen LogP contribution in [0.4, 0.5) is 13.2 Å². The van der Waals surface area contributed by atoms with Gasteiger partial charge in [0.25, 0.3) is 0 Å². The molecule has 1 atom stereocenters. The summed E-state index contributed by atoms with van der Waals surface area (Å²) in [5, 5.41) is 4.00. The van der Waals surface area contributed by atoms with Crippen LogP contribution in [0.3, 0.4) is 0 Å². The quantitative estimate of drug-likeness (QED) is 0.844. The van der Waals surface area contributed by atoms with Gasteiger partial charge in [-0.2, -0.15) is 18.2 Å². The van der Waals surface area contributed by atoms with Gasteiger partial charge in [-0.3, -0.25) is 4.90 Å². The maximum atomic E-state index is 12.6. The Bertz CT molecular complexity index is 651. The molecule has 0 unspecified atom stereocenters. The van der Waals surface area contributed by atoms with E-state index in [-0.39, 0.29) is 6.04 Å². The summed E-state index contributed by atoms with van der Waals surface area (Å²) in [6.07, 6.45) is 0.968. The smallest absolute Gasteiger partial charge is 0.339 e. The molecule has 2 aromatic rings. The number of likely N-dealkylation sites (tertiary alicyclic amines) is 1. The summed E-state index contributed by atoms with van der Waals surface area (Å²) in [7, 11) is 0. The standard InChI is InChI=1S/C14H18F3N5O/c1-2-12-19-13(20-23-12)10-4-3-6-21(10)8-11-18-5-7-22(11)9-14(15,16)17/h5,7,10H,2-4,6,8-9H2,1H3/t10-/m1/s1. The molecule has 0 N–H and O–H groups in total. The maximum Gasteiger partial charge on any atom is 0.406 e. The molecule has 0 radical (unpaired) electrons. The van der Waals surface area contributed by atoms with Crippen LogP contribution in [0, 0.1) is 0 Å². The highest BCUT2D eigenvalue weighted by Gasteiger charge is 2.32. The normalized spacial score (nSPS) is 19.6. The molecule has 1 aliphatic rings. The van der Waals surface area contributed by atoms with E-state index in [1.54, 1.807) is 0 Å². The second kappa shape index (κ2) is 6.31. The number of hydrogen-bond donors (Lipinski definition) is 0. The van der Waals surface area contributed by atoms with Crippen molar-refractivity contribution >= 4 is 0 Å². The van der Waals surface area contributed by atoms with Crippen molar-refractivity contribution in [1.82, 2.24) is 24.6 Å². The SMILES string of the molecule is CCc1nc([C@H]2CCCN2Cc2nccn2CC(F)(F)F)no1. The first-order valence-corrected chi connectivity index (χ1v) is 7.59. The molecular formula is C14H18F3N5O. The van der Waals surface area contributed by atoms with Gasteiger partial charge in [0.15, 0.2) is 5.82 Å². The first-order valence-electron chi connectivity index (χ1n) is 7.59. The Morgan fingerprint density at radius 1 is 1.39 bits per heavy atom. The largest absolute Gasteiger partial charge is 0.406 e. The van der Waals surface area contributed by atoms with Gasteiger partial charge in [-0.05, 0) is 19.4 Å². The summed E-state index contributed by atoms with van der Waals surface area (Å²) >= 11 is 0. The molecule has 2 aromatic heterocycles. The molecule has 1 aliphatic heterocycles. The lowest BCUT2D eigenvalue weighted by Crippen LogP contribution is -2.27. The van der Waals surface area contributed by atoms with Gasteiger partial charge in [0.1, 0.15) is 12.4 Å². The van der Waals surface area contributed by atoms with E-state index in [9.17, 15) is 13.2 Å². The van der Waals surface area contributed by atoms with Crippen LogP contribution in [0.15, 0.2) is 16.9 Å². The van der Waals surface area contributed by atoms with E-state index in [1.165, 1.54) is 12.4 Å². The minimum absolute atomic E-state index is 0.0323. The fraction of sp³-hybridized carbons (Fsp3) is 0.643. The Kier molecular flexibility index (Phi) is 4.38. The summed E-state index contributed by atoms with van der Waals surface area (Å²) in [6, 6.07) is -0.0323. The first-order chi connectivity index (χ1) is 11.0. The minimum Gasteiger partial charge on any atom is -0.339 e. The third kappa shape index (κ3) is 3.72. The summed E-state index contributed by atoms with van der Waals surface area (Å²) in [4.78, 5) is 10.5. The third-order valence-corrected chi connectivity index (χ3v) is 3.94. The van der Waals surface area contributed by atoms with Crippen LogP contribution in [0.25, 0.3) is 0 Å². The number of nitrogens with zero attached hydrogens (tertiary/aromatic N) is 5. The summed E-state index contributed by atoms with van der Waals surface area (Å²) in [6.45, 7) is 2.02. The Morgan fingerprint density at radius 2 is 2.22 bits per heavy atom. The average Bonchev–Trinajstić information content (AvgIpc) is 3.19.